The van der Waals surface area contributed by atoms with E-state index in [0.29, 0.717) is 18.3 Å². The van der Waals surface area contributed by atoms with Gasteiger partial charge in [-0.05, 0) is 86.7 Å². The van der Waals surface area contributed by atoms with Gasteiger partial charge in [0.1, 0.15) is 0 Å². The maximum atomic E-state index is 14.6. The van der Waals surface area contributed by atoms with Crippen LogP contribution in [-0.2, 0) is 9.47 Å². The zero-order valence-electron chi connectivity index (χ0n) is 19.8. The molecule has 3 heteroatoms. The number of rotatable bonds is 7. The number of ether oxygens (including phenoxy) is 2. The zero-order chi connectivity index (χ0) is 21.7. The van der Waals surface area contributed by atoms with Crippen molar-refractivity contribution in [2.75, 3.05) is 13.2 Å². The SMILES string of the molecule is CCCC1CCC(c2ccc(C3CCC(C4OCC(F)(CCC)CO4)CC3)cc2)CC1. The van der Waals surface area contributed by atoms with Crippen LogP contribution < -0.4 is 0 Å². The molecule has 2 saturated carbocycles. The van der Waals surface area contributed by atoms with Crippen LogP contribution >= 0.6 is 0 Å². The Balaban J connectivity index is 1.23. The van der Waals surface area contributed by atoms with Gasteiger partial charge in [-0.3, -0.25) is 0 Å². The van der Waals surface area contributed by atoms with Crippen LogP contribution in [0.5, 0.6) is 0 Å². The molecule has 2 nitrogen and oxygen atoms in total. The quantitative estimate of drug-likeness (QED) is 0.437. The molecule has 0 amide bonds. The maximum absolute atomic E-state index is 14.6. The number of alkyl halides is 1. The second-order valence-electron chi connectivity index (χ2n) is 10.7. The fourth-order valence-electron chi connectivity index (χ4n) is 6.38. The van der Waals surface area contributed by atoms with Crippen molar-refractivity contribution in [3.8, 4) is 0 Å². The van der Waals surface area contributed by atoms with Crippen LogP contribution in [0.25, 0.3) is 0 Å². The fourth-order valence-corrected chi connectivity index (χ4v) is 6.38. The Hall–Kier alpha value is -0.930. The minimum absolute atomic E-state index is 0.202. The van der Waals surface area contributed by atoms with Crippen molar-refractivity contribution in [1.82, 2.24) is 0 Å². The third kappa shape index (κ3) is 5.90. The Morgan fingerprint density at radius 1 is 0.774 bits per heavy atom. The lowest BCUT2D eigenvalue weighted by Gasteiger charge is -2.40. The van der Waals surface area contributed by atoms with Gasteiger partial charge in [-0.1, -0.05) is 57.4 Å². The minimum Gasteiger partial charge on any atom is -0.349 e. The summed E-state index contributed by atoms with van der Waals surface area (Å²) >= 11 is 0. The molecule has 0 N–H and O–H groups in total. The van der Waals surface area contributed by atoms with E-state index in [1.54, 1.807) is 5.56 Å². The summed E-state index contributed by atoms with van der Waals surface area (Å²) < 4.78 is 26.2. The first-order valence-electron chi connectivity index (χ1n) is 13.1. The van der Waals surface area contributed by atoms with E-state index in [2.05, 4.69) is 31.2 Å². The van der Waals surface area contributed by atoms with Crippen LogP contribution in [0.3, 0.4) is 0 Å². The van der Waals surface area contributed by atoms with Gasteiger partial charge < -0.3 is 9.47 Å². The second-order valence-corrected chi connectivity index (χ2v) is 10.7. The van der Waals surface area contributed by atoms with Gasteiger partial charge >= 0.3 is 0 Å². The Bertz CT molecular complexity index is 648. The molecule has 0 bridgehead atoms. The van der Waals surface area contributed by atoms with Crippen LogP contribution in [0, 0.1) is 11.8 Å². The Morgan fingerprint density at radius 2 is 1.29 bits per heavy atom. The highest BCUT2D eigenvalue weighted by Crippen LogP contribution is 2.41. The zero-order valence-corrected chi connectivity index (χ0v) is 19.8. The van der Waals surface area contributed by atoms with Crippen LogP contribution in [0.4, 0.5) is 4.39 Å². The van der Waals surface area contributed by atoms with Gasteiger partial charge in [0.2, 0.25) is 0 Å². The molecular weight excluding hydrogens is 387 g/mol. The highest BCUT2D eigenvalue weighted by atomic mass is 19.1. The molecule has 0 spiro atoms. The van der Waals surface area contributed by atoms with Gasteiger partial charge in [0.15, 0.2) is 12.0 Å². The summed E-state index contributed by atoms with van der Waals surface area (Å²) in [5.41, 5.74) is 1.77. The van der Waals surface area contributed by atoms with E-state index >= 15 is 0 Å². The molecule has 4 rings (SSSR count). The monoisotopic (exact) mass is 430 g/mol. The second kappa shape index (κ2) is 10.8. The van der Waals surface area contributed by atoms with Crippen molar-refractivity contribution >= 4 is 0 Å². The maximum Gasteiger partial charge on any atom is 0.160 e. The van der Waals surface area contributed by atoms with Crippen molar-refractivity contribution in [2.24, 2.45) is 11.8 Å². The standard InChI is InChI=1S/C28H43FO2/c1-3-5-21-6-8-22(9-7-21)23-10-12-24(13-11-23)25-14-16-26(17-15-25)27-30-19-28(29,18-4-2)20-31-27/h10-13,21-22,25-27H,3-9,14-20H2,1-2H3. The van der Waals surface area contributed by atoms with E-state index < -0.39 is 5.67 Å². The molecule has 174 valence electrons. The minimum atomic E-state index is -1.28. The molecular formula is C28H43FO2. The number of benzene rings is 1. The van der Waals surface area contributed by atoms with E-state index in [-0.39, 0.29) is 19.5 Å². The molecule has 0 aromatic heterocycles. The summed E-state index contributed by atoms with van der Waals surface area (Å²) in [7, 11) is 0. The van der Waals surface area contributed by atoms with Crippen LogP contribution in [0.1, 0.15) is 114 Å². The lowest BCUT2D eigenvalue weighted by molar-refractivity contribution is -0.257. The summed E-state index contributed by atoms with van der Waals surface area (Å²) in [5.74, 6) is 2.81. The van der Waals surface area contributed by atoms with E-state index in [9.17, 15) is 4.39 Å². The first kappa shape index (κ1) is 23.2. The highest BCUT2D eigenvalue weighted by Gasteiger charge is 2.40. The van der Waals surface area contributed by atoms with E-state index in [4.69, 9.17) is 9.47 Å². The third-order valence-electron chi connectivity index (χ3n) is 8.29. The van der Waals surface area contributed by atoms with Gasteiger partial charge in [0.05, 0.1) is 13.2 Å². The van der Waals surface area contributed by atoms with Crippen LogP contribution in [-0.4, -0.2) is 25.2 Å². The predicted molar refractivity (Wildman–Crippen MR) is 125 cm³/mol. The van der Waals surface area contributed by atoms with Gasteiger partial charge in [0, 0.05) is 5.92 Å². The predicted octanol–water partition coefficient (Wildman–Crippen LogP) is 7.92. The molecule has 1 saturated heterocycles. The third-order valence-corrected chi connectivity index (χ3v) is 8.29. The molecule has 0 atom stereocenters. The highest BCUT2D eigenvalue weighted by molar-refractivity contribution is 5.28. The molecule has 1 aliphatic heterocycles. The number of hydrogen-bond acceptors (Lipinski definition) is 2. The molecule has 0 radical (unpaired) electrons. The fraction of sp³-hybridized carbons (Fsp3) is 0.786. The largest absolute Gasteiger partial charge is 0.349 e. The average molecular weight is 431 g/mol. The van der Waals surface area contributed by atoms with Crippen molar-refractivity contribution < 1.29 is 13.9 Å². The van der Waals surface area contributed by atoms with E-state index in [0.717, 1.165) is 31.1 Å². The van der Waals surface area contributed by atoms with Gasteiger partial charge in [-0.25, -0.2) is 4.39 Å². The normalized spacial score (nSPS) is 36.9. The van der Waals surface area contributed by atoms with Gasteiger partial charge in [-0.15, -0.1) is 0 Å². The van der Waals surface area contributed by atoms with Crippen molar-refractivity contribution in [1.29, 1.82) is 0 Å². The summed E-state index contributed by atoms with van der Waals surface area (Å²) in [6.07, 6.45) is 14.1. The van der Waals surface area contributed by atoms with Crippen molar-refractivity contribution in [3.63, 3.8) is 0 Å². The lowest BCUT2D eigenvalue weighted by Crippen LogP contribution is -2.46. The molecule has 1 heterocycles. The molecule has 3 fully saturated rings. The first-order chi connectivity index (χ1) is 15.1. The molecule has 31 heavy (non-hydrogen) atoms. The van der Waals surface area contributed by atoms with E-state index in [1.165, 1.54) is 56.9 Å². The van der Waals surface area contributed by atoms with Crippen molar-refractivity contribution in [3.05, 3.63) is 35.4 Å². The topological polar surface area (TPSA) is 18.5 Å². The Labute approximate surface area is 189 Å². The summed E-state index contributed by atoms with van der Waals surface area (Å²) in [6, 6.07) is 9.62. The smallest absolute Gasteiger partial charge is 0.160 e. The van der Waals surface area contributed by atoms with Crippen LogP contribution in [0.15, 0.2) is 24.3 Å². The first-order valence-corrected chi connectivity index (χ1v) is 13.1. The lowest BCUT2D eigenvalue weighted by atomic mass is 9.76. The Morgan fingerprint density at radius 3 is 1.77 bits per heavy atom. The molecule has 3 aliphatic rings. The van der Waals surface area contributed by atoms with Crippen molar-refractivity contribution in [2.45, 2.75) is 115 Å². The summed E-state index contributed by atoms with van der Waals surface area (Å²) in [6.45, 7) is 4.73. The van der Waals surface area contributed by atoms with Gasteiger partial charge in [0.25, 0.3) is 0 Å². The Kier molecular flexibility index (Phi) is 8.09. The molecule has 1 aromatic rings. The molecule has 1 aromatic carbocycles. The summed E-state index contributed by atoms with van der Waals surface area (Å²) in [5, 5.41) is 0. The van der Waals surface area contributed by atoms with E-state index in [1.807, 2.05) is 6.92 Å². The van der Waals surface area contributed by atoms with Crippen LogP contribution in [0.2, 0.25) is 0 Å². The number of halogens is 1. The molecule has 2 aliphatic carbocycles. The number of hydrogen-bond donors (Lipinski definition) is 0. The molecule has 0 unspecified atom stereocenters. The van der Waals surface area contributed by atoms with Gasteiger partial charge in [-0.2, -0.15) is 0 Å². The summed E-state index contributed by atoms with van der Waals surface area (Å²) in [4.78, 5) is 0. The average Bonchev–Trinajstić information content (AvgIpc) is 2.81.